The number of anilines is 2. The second kappa shape index (κ2) is 6.43. The molecule has 0 radical (unpaired) electrons. The van der Waals surface area contributed by atoms with E-state index in [1.807, 2.05) is 41.4 Å². The van der Waals surface area contributed by atoms with E-state index in [0.29, 0.717) is 0 Å². The van der Waals surface area contributed by atoms with Gasteiger partial charge in [-0.2, -0.15) is 0 Å². The van der Waals surface area contributed by atoms with Gasteiger partial charge in [0.05, 0.1) is 0 Å². The molecule has 24 heavy (non-hydrogen) atoms. The van der Waals surface area contributed by atoms with Crippen LogP contribution in [0.1, 0.15) is 15.9 Å². The Morgan fingerprint density at radius 2 is 1.96 bits per heavy atom. The van der Waals surface area contributed by atoms with Crippen LogP contribution in [0, 0.1) is 0 Å². The van der Waals surface area contributed by atoms with Crippen LogP contribution in [0.25, 0.3) is 0 Å². The molecule has 124 valence electrons. The second-order valence-electron chi connectivity index (χ2n) is 6.16. The molecule has 0 saturated carbocycles. The van der Waals surface area contributed by atoms with E-state index in [4.69, 9.17) is 0 Å². The van der Waals surface area contributed by atoms with E-state index in [1.165, 1.54) is 5.56 Å². The Kier molecular flexibility index (Phi) is 4.14. The molecule has 2 aliphatic heterocycles. The molecule has 1 amide bonds. The lowest BCUT2D eigenvalue weighted by Crippen LogP contribution is -2.49. The van der Waals surface area contributed by atoms with E-state index in [9.17, 15) is 4.79 Å². The number of nitrogens with zero attached hydrogens (tertiary/aromatic N) is 3. The highest BCUT2D eigenvalue weighted by molar-refractivity contribution is 9.10. The normalized spacial score (nSPS) is 16.7. The molecule has 0 aliphatic carbocycles. The predicted molar refractivity (Wildman–Crippen MR) is 98.7 cm³/mol. The molecule has 0 bridgehead atoms. The first-order valence-corrected chi connectivity index (χ1v) is 9.02. The highest BCUT2D eigenvalue weighted by Gasteiger charge is 2.23. The number of carbonyl (C=O) groups is 1. The van der Waals surface area contributed by atoms with E-state index in [-0.39, 0.29) is 5.91 Å². The number of hydrogen-bond acceptors (Lipinski definition) is 4. The Hall–Kier alpha value is -2.08. The van der Waals surface area contributed by atoms with Gasteiger partial charge in [0.2, 0.25) is 0 Å². The predicted octanol–water partition coefficient (Wildman–Crippen LogP) is 2.77. The number of amides is 1. The maximum Gasteiger partial charge on any atom is 0.253 e. The summed E-state index contributed by atoms with van der Waals surface area (Å²) >= 11 is 3.41. The topological polar surface area (TPSA) is 48.5 Å². The third kappa shape index (κ3) is 2.98. The van der Waals surface area contributed by atoms with Gasteiger partial charge in [0.25, 0.3) is 5.91 Å². The number of nitrogens with one attached hydrogen (secondary N) is 1. The molecule has 1 aromatic carbocycles. The van der Waals surface area contributed by atoms with Gasteiger partial charge in [-0.15, -0.1) is 0 Å². The van der Waals surface area contributed by atoms with Crippen molar-refractivity contribution >= 4 is 33.3 Å². The van der Waals surface area contributed by atoms with Crippen LogP contribution in [0.2, 0.25) is 0 Å². The molecule has 1 saturated heterocycles. The minimum absolute atomic E-state index is 0.133. The Bertz CT molecular complexity index is 754. The molecule has 5 nitrogen and oxygen atoms in total. The van der Waals surface area contributed by atoms with Crippen molar-refractivity contribution in [3.05, 3.63) is 52.1 Å². The third-order valence-electron chi connectivity index (χ3n) is 4.66. The lowest BCUT2D eigenvalue weighted by molar-refractivity contribution is 0.0746. The van der Waals surface area contributed by atoms with Gasteiger partial charge in [-0.05, 0) is 58.2 Å². The van der Waals surface area contributed by atoms with E-state index < -0.39 is 0 Å². The van der Waals surface area contributed by atoms with Crippen molar-refractivity contribution in [1.29, 1.82) is 0 Å². The number of benzene rings is 1. The summed E-state index contributed by atoms with van der Waals surface area (Å²) in [5, 5.41) is 3.33. The summed E-state index contributed by atoms with van der Waals surface area (Å²) in [6, 6.07) is 10.0. The van der Waals surface area contributed by atoms with Gasteiger partial charge in [0.1, 0.15) is 5.82 Å². The average molecular weight is 387 g/mol. The Labute approximate surface area is 149 Å². The molecule has 4 rings (SSSR count). The van der Waals surface area contributed by atoms with Crippen LogP contribution in [0.3, 0.4) is 0 Å². The number of hydrogen-bond donors (Lipinski definition) is 1. The van der Waals surface area contributed by atoms with E-state index in [0.717, 1.165) is 60.7 Å². The smallest absolute Gasteiger partial charge is 0.253 e. The van der Waals surface area contributed by atoms with Crippen LogP contribution < -0.4 is 10.2 Å². The summed E-state index contributed by atoms with van der Waals surface area (Å²) in [7, 11) is 0. The largest absolute Gasteiger partial charge is 0.384 e. The van der Waals surface area contributed by atoms with E-state index >= 15 is 0 Å². The van der Waals surface area contributed by atoms with E-state index in [2.05, 4.69) is 31.1 Å². The molecule has 6 heteroatoms. The molecule has 3 heterocycles. The van der Waals surface area contributed by atoms with Gasteiger partial charge >= 0.3 is 0 Å². The third-order valence-corrected chi connectivity index (χ3v) is 5.13. The van der Waals surface area contributed by atoms with Crippen LogP contribution in [0.4, 0.5) is 11.5 Å². The molecule has 0 spiro atoms. The van der Waals surface area contributed by atoms with Gasteiger partial charge in [-0.3, -0.25) is 4.79 Å². The van der Waals surface area contributed by atoms with Crippen LogP contribution in [0.5, 0.6) is 0 Å². The molecular formula is C18H19BrN4O. The summed E-state index contributed by atoms with van der Waals surface area (Å²) < 4.78 is 0.978. The van der Waals surface area contributed by atoms with Crippen LogP contribution >= 0.6 is 15.9 Å². The van der Waals surface area contributed by atoms with Gasteiger partial charge < -0.3 is 15.1 Å². The molecule has 1 fully saturated rings. The zero-order chi connectivity index (χ0) is 16.5. The minimum atomic E-state index is 0.133. The number of fused-ring (bicyclic) bond motifs is 1. The maximum atomic E-state index is 12.8. The summed E-state index contributed by atoms with van der Waals surface area (Å²) in [5.41, 5.74) is 3.21. The average Bonchev–Trinajstić information content (AvgIpc) is 3.09. The number of rotatable bonds is 2. The molecule has 1 aromatic heterocycles. The van der Waals surface area contributed by atoms with Crippen LogP contribution in [-0.2, 0) is 6.42 Å². The van der Waals surface area contributed by atoms with Crippen molar-refractivity contribution in [2.24, 2.45) is 0 Å². The monoisotopic (exact) mass is 386 g/mol. The van der Waals surface area contributed by atoms with Gasteiger partial charge in [0.15, 0.2) is 0 Å². The van der Waals surface area contributed by atoms with Crippen molar-refractivity contribution in [3.63, 3.8) is 0 Å². The zero-order valence-electron chi connectivity index (χ0n) is 13.3. The SMILES string of the molecule is O=C(c1ccc2c(c1)CCN2)N1CCN(c2ccc(Br)cn2)CC1. The fraction of sp³-hybridized carbons (Fsp3) is 0.333. The Morgan fingerprint density at radius 1 is 1.12 bits per heavy atom. The first kappa shape index (κ1) is 15.4. The lowest BCUT2D eigenvalue weighted by Gasteiger charge is -2.35. The van der Waals surface area contributed by atoms with Crippen molar-refractivity contribution in [2.45, 2.75) is 6.42 Å². The molecule has 0 atom stereocenters. The molecule has 2 aromatic rings. The van der Waals surface area contributed by atoms with Gasteiger partial charge in [0, 0.05) is 54.6 Å². The maximum absolute atomic E-state index is 12.8. The lowest BCUT2D eigenvalue weighted by atomic mass is 10.1. The Balaban J connectivity index is 1.42. The van der Waals surface area contributed by atoms with Crippen LogP contribution in [-0.4, -0.2) is 48.5 Å². The van der Waals surface area contributed by atoms with Crippen molar-refractivity contribution in [2.75, 3.05) is 42.9 Å². The minimum Gasteiger partial charge on any atom is -0.384 e. The fourth-order valence-corrected chi connectivity index (χ4v) is 3.55. The number of halogens is 1. The highest BCUT2D eigenvalue weighted by atomic mass is 79.9. The quantitative estimate of drug-likeness (QED) is 0.861. The van der Waals surface area contributed by atoms with Gasteiger partial charge in [-0.1, -0.05) is 0 Å². The number of aromatic nitrogens is 1. The molecule has 0 unspecified atom stereocenters. The first-order chi connectivity index (χ1) is 11.7. The summed E-state index contributed by atoms with van der Waals surface area (Å²) in [4.78, 5) is 21.4. The van der Waals surface area contributed by atoms with E-state index in [1.54, 1.807) is 0 Å². The molecule has 2 aliphatic rings. The van der Waals surface area contributed by atoms with Gasteiger partial charge in [-0.25, -0.2) is 4.98 Å². The zero-order valence-corrected chi connectivity index (χ0v) is 14.9. The molecular weight excluding hydrogens is 368 g/mol. The summed E-state index contributed by atoms with van der Waals surface area (Å²) in [5.74, 6) is 1.10. The highest BCUT2D eigenvalue weighted by Crippen LogP contribution is 2.24. The van der Waals surface area contributed by atoms with Crippen LogP contribution in [0.15, 0.2) is 41.0 Å². The second-order valence-corrected chi connectivity index (χ2v) is 7.08. The number of piperazine rings is 1. The van der Waals surface area contributed by atoms with Crippen molar-refractivity contribution in [3.8, 4) is 0 Å². The molecule has 1 N–H and O–H groups in total. The standard InChI is InChI=1S/C18H19BrN4O/c19-15-2-4-17(21-12-15)22-7-9-23(10-8-22)18(24)14-1-3-16-13(11-14)5-6-20-16/h1-4,11-12,20H,5-10H2. The summed E-state index contributed by atoms with van der Waals surface area (Å²) in [6.07, 6.45) is 2.81. The summed E-state index contributed by atoms with van der Waals surface area (Å²) in [6.45, 7) is 4.05. The number of carbonyl (C=O) groups excluding carboxylic acids is 1. The number of pyridine rings is 1. The van der Waals surface area contributed by atoms with Crippen molar-refractivity contribution in [1.82, 2.24) is 9.88 Å². The first-order valence-electron chi connectivity index (χ1n) is 8.23. The van der Waals surface area contributed by atoms with Crippen molar-refractivity contribution < 1.29 is 4.79 Å². The fourth-order valence-electron chi connectivity index (χ4n) is 3.31. The Morgan fingerprint density at radius 3 is 2.71 bits per heavy atom.